The third kappa shape index (κ3) is 3.98. The van der Waals surface area contributed by atoms with E-state index < -0.39 is 11.6 Å². The van der Waals surface area contributed by atoms with E-state index in [1.165, 1.54) is 6.07 Å². The van der Waals surface area contributed by atoms with Crippen LogP contribution in [0.15, 0.2) is 18.2 Å². The van der Waals surface area contributed by atoms with Crippen LogP contribution in [0.4, 0.5) is 8.78 Å². The van der Waals surface area contributed by atoms with Gasteiger partial charge in [-0.15, -0.1) is 0 Å². The van der Waals surface area contributed by atoms with E-state index in [2.05, 4.69) is 24.1 Å². The van der Waals surface area contributed by atoms with Gasteiger partial charge in [-0.2, -0.15) is 0 Å². The second-order valence-electron chi connectivity index (χ2n) is 5.63. The minimum absolute atomic E-state index is 0.436. The van der Waals surface area contributed by atoms with Crippen molar-refractivity contribution in [3.63, 3.8) is 0 Å². The van der Waals surface area contributed by atoms with E-state index in [0.717, 1.165) is 32.1 Å². The Hall–Kier alpha value is -1.00. The first-order valence-corrected chi connectivity index (χ1v) is 6.96. The molecule has 1 unspecified atom stereocenters. The number of rotatable bonds is 3. The second-order valence-corrected chi connectivity index (χ2v) is 5.63. The van der Waals surface area contributed by atoms with Gasteiger partial charge in [-0.05, 0) is 31.5 Å². The average molecular weight is 268 g/mol. The Bertz CT molecular complexity index is 421. The van der Waals surface area contributed by atoms with Gasteiger partial charge in [-0.1, -0.05) is 19.9 Å². The van der Waals surface area contributed by atoms with Crippen molar-refractivity contribution in [3.8, 4) is 0 Å². The Morgan fingerprint density at radius 3 is 2.84 bits per heavy atom. The Labute approximate surface area is 113 Å². The third-order valence-electron chi connectivity index (χ3n) is 3.73. The summed E-state index contributed by atoms with van der Waals surface area (Å²) >= 11 is 0. The van der Waals surface area contributed by atoms with Crippen molar-refractivity contribution in [3.05, 3.63) is 35.4 Å². The number of halogens is 2. The predicted molar refractivity (Wildman–Crippen MR) is 72.9 cm³/mol. The molecule has 1 atom stereocenters. The number of nitrogens with one attached hydrogen (secondary N) is 1. The zero-order valence-corrected chi connectivity index (χ0v) is 11.6. The monoisotopic (exact) mass is 268 g/mol. The lowest BCUT2D eigenvalue weighted by Gasteiger charge is -2.26. The van der Waals surface area contributed by atoms with Crippen LogP contribution in [-0.2, 0) is 6.54 Å². The summed E-state index contributed by atoms with van der Waals surface area (Å²) in [5.41, 5.74) is 0.575. The van der Waals surface area contributed by atoms with Crippen molar-refractivity contribution in [2.75, 3.05) is 19.6 Å². The molecule has 1 N–H and O–H groups in total. The fourth-order valence-corrected chi connectivity index (χ4v) is 2.51. The van der Waals surface area contributed by atoms with Gasteiger partial charge in [-0.3, -0.25) is 4.90 Å². The van der Waals surface area contributed by atoms with Crippen molar-refractivity contribution in [1.29, 1.82) is 0 Å². The minimum Gasteiger partial charge on any atom is -0.312 e. The Morgan fingerprint density at radius 1 is 1.37 bits per heavy atom. The van der Waals surface area contributed by atoms with Gasteiger partial charge in [0.15, 0.2) is 0 Å². The minimum atomic E-state index is -0.515. The van der Waals surface area contributed by atoms with Gasteiger partial charge in [0.2, 0.25) is 0 Å². The summed E-state index contributed by atoms with van der Waals surface area (Å²) in [6, 6.07) is 4.28. The van der Waals surface area contributed by atoms with E-state index in [0.29, 0.717) is 24.1 Å². The maximum atomic E-state index is 13.7. The quantitative estimate of drug-likeness (QED) is 0.907. The smallest absolute Gasteiger partial charge is 0.130 e. The second kappa shape index (κ2) is 6.44. The lowest BCUT2D eigenvalue weighted by atomic mass is 10.0. The molecule has 19 heavy (non-hydrogen) atoms. The van der Waals surface area contributed by atoms with E-state index in [1.807, 2.05) is 0 Å². The Kier molecular flexibility index (Phi) is 4.88. The molecule has 1 aliphatic heterocycles. The van der Waals surface area contributed by atoms with Crippen molar-refractivity contribution >= 4 is 0 Å². The molecule has 106 valence electrons. The van der Waals surface area contributed by atoms with Crippen LogP contribution in [0.25, 0.3) is 0 Å². The highest BCUT2D eigenvalue weighted by atomic mass is 19.1. The van der Waals surface area contributed by atoms with Gasteiger partial charge in [0.05, 0.1) is 0 Å². The molecule has 0 bridgehead atoms. The van der Waals surface area contributed by atoms with Crippen molar-refractivity contribution in [2.45, 2.75) is 32.9 Å². The number of benzene rings is 1. The summed E-state index contributed by atoms with van der Waals surface area (Å²) in [6.07, 6.45) is 1.06. The molecular weight excluding hydrogens is 246 g/mol. The van der Waals surface area contributed by atoms with Crippen LogP contribution in [-0.4, -0.2) is 30.6 Å². The van der Waals surface area contributed by atoms with Gasteiger partial charge in [0, 0.05) is 30.8 Å². The van der Waals surface area contributed by atoms with Gasteiger partial charge in [-0.25, -0.2) is 8.78 Å². The maximum Gasteiger partial charge on any atom is 0.130 e. The molecule has 2 nitrogen and oxygen atoms in total. The molecule has 2 rings (SSSR count). The Balaban J connectivity index is 2.04. The topological polar surface area (TPSA) is 15.3 Å². The first-order chi connectivity index (χ1) is 9.06. The first kappa shape index (κ1) is 14.4. The SMILES string of the molecule is CC(C)C1CN(Cc2ccc(F)cc2F)CCCN1. The number of nitrogens with zero attached hydrogens (tertiary/aromatic N) is 1. The zero-order valence-electron chi connectivity index (χ0n) is 11.6. The summed E-state index contributed by atoms with van der Waals surface area (Å²) in [6.45, 7) is 7.81. The van der Waals surface area contributed by atoms with Gasteiger partial charge in [0.1, 0.15) is 11.6 Å². The summed E-state index contributed by atoms with van der Waals surface area (Å²) in [5, 5.41) is 3.53. The molecule has 0 amide bonds. The van der Waals surface area contributed by atoms with Gasteiger partial charge < -0.3 is 5.32 Å². The van der Waals surface area contributed by atoms with Crippen molar-refractivity contribution in [1.82, 2.24) is 10.2 Å². The highest BCUT2D eigenvalue weighted by molar-refractivity contribution is 5.18. The zero-order chi connectivity index (χ0) is 13.8. The molecular formula is C15H22F2N2. The lowest BCUT2D eigenvalue weighted by molar-refractivity contribution is 0.235. The van der Waals surface area contributed by atoms with E-state index in [9.17, 15) is 8.78 Å². The molecule has 1 aliphatic rings. The fraction of sp³-hybridized carbons (Fsp3) is 0.600. The molecule has 0 radical (unpaired) electrons. The van der Waals surface area contributed by atoms with E-state index in [1.54, 1.807) is 6.07 Å². The summed E-state index contributed by atoms with van der Waals surface area (Å²) in [7, 11) is 0. The standard InChI is InChI=1S/C15H22F2N2/c1-11(2)15-10-19(7-3-6-18-15)9-12-4-5-13(16)8-14(12)17/h4-5,8,11,15,18H,3,6-7,9-10H2,1-2H3. The fourth-order valence-electron chi connectivity index (χ4n) is 2.51. The van der Waals surface area contributed by atoms with Crippen LogP contribution in [0.3, 0.4) is 0 Å². The van der Waals surface area contributed by atoms with Crippen LogP contribution in [0.1, 0.15) is 25.8 Å². The highest BCUT2D eigenvalue weighted by Crippen LogP contribution is 2.15. The van der Waals surface area contributed by atoms with Crippen LogP contribution in [0.5, 0.6) is 0 Å². The molecule has 0 aliphatic carbocycles. The maximum absolute atomic E-state index is 13.7. The van der Waals surface area contributed by atoms with Crippen LogP contribution in [0.2, 0.25) is 0 Å². The molecule has 0 aromatic heterocycles. The summed E-state index contributed by atoms with van der Waals surface area (Å²) in [5.74, 6) is -0.407. The summed E-state index contributed by atoms with van der Waals surface area (Å²) < 4.78 is 26.6. The van der Waals surface area contributed by atoms with Crippen LogP contribution in [0, 0.1) is 17.6 Å². The Morgan fingerprint density at radius 2 is 2.16 bits per heavy atom. The van der Waals surface area contributed by atoms with Crippen LogP contribution >= 0.6 is 0 Å². The largest absolute Gasteiger partial charge is 0.312 e. The first-order valence-electron chi connectivity index (χ1n) is 6.96. The molecule has 1 aromatic carbocycles. The predicted octanol–water partition coefficient (Wildman–Crippen LogP) is 2.78. The van der Waals surface area contributed by atoms with Gasteiger partial charge in [0.25, 0.3) is 0 Å². The van der Waals surface area contributed by atoms with Crippen molar-refractivity contribution in [2.24, 2.45) is 5.92 Å². The molecule has 1 saturated heterocycles. The van der Waals surface area contributed by atoms with E-state index >= 15 is 0 Å². The van der Waals surface area contributed by atoms with E-state index in [4.69, 9.17) is 0 Å². The molecule has 0 spiro atoms. The molecule has 0 saturated carbocycles. The normalized spacial score (nSPS) is 21.6. The highest BCUT2D eigenvalue weighted by Gasteiger charge is 2.20. The van der Waals surface area contributed by atoms with E-state index in [-0.39, 0.29) is 0 Å². The number of hydrogen-bond donors (Lipinski definition) is 1. The number of hydrogen-bond acceptors (Lipinski definition) is 2. The third-order valence-corrected chi connectivity index (χ3v) is 3.73. The lowest BCUT2D eigenvalue weighted by Crippen LogP contribution is -2.41. The van der Waals surface area contributed by atoms with Crippen LogP contribution < -0.4 is 5.32 Å². The molecule has 4 heteroatoms. The molecule has 1 fully saturated rings. The average Bonchev–Trinajstić information content (AvgIpc) is 2.58. The van der Waals surface area contributed by atoms with Crippen molar-refractivity contribution < 1.29 is 8.78 Å². The van der Waals surface area contributed by atoms with Gasteiger partial charge >= 0.3 is 0 Å². The summed E-state index contributed by atoms with van der Waals surface area (Å²) in [4.78, 5) is 2.25. The molecule has 1 heterocycles. The molecule has 1 aromatic rings.